The molecule has 1 aromatic rings. The number of likely N-dealkylation sites (N-methyl/N-ethyl adjacent to an activating group) is 1. The maximum Gasteiger partial charge on any atom is 0.320 e. The molecule has 158 valence electrons. The lowest BCUT2D eigenvalue weighted by molar-refractivity contribution is -0.148. The normalized spacial score (nSPS) is 28.8. The molecule has 3 fully saturated rings. The molecule has 29 heavy (non-hydrogen) atoms. The van der Waals surface area contributed by atoms with Gasteiger partial charge in [0.2, 0.25) is 5.91 Å². The predicted octanol–water partition coefficient (Wildman–Crippen LogP) is 0.175. The number of hydrogen-bond donors (Lipinski definition) is 1. The third kappa shape index (κ3) is 3.97. The average molecular weight is 402 g/mol. The zero-order chi connectivity index (χ0) is 20.4. The second-order valence-electron chi connectivity index (χ2n) is 8.17. The zero-order valence-corrected chi connectivity index (χ0v) is 17.0. The number of aliphatic hydroxyl groups is 1. The van der Waals surface area contributed by atoms with Gasteiger partial charge in [0.1, 0.15) is 12.1 Å². The number of carbonyl (C=O) groups excluding carboxylic acids is 2. The Bertz CT molecular complexity index is 739. The molecule has 8 heteroatoms. The van der Waals surface area contributed by atoms with Crippen molar-refractivity contribution >= 4 is 11.9 Å². The van der Waals surface area contributed by atoms with E-state index in [2.05, 4.69) is 4.90 Å². The number of benzene rings is 1. The number of rotatable bonds is 4. The van der Waals surface area contributed by atoms with E-state index >= 15 is 0 Å². The SMILES string of the molecule is CN1CCN(CC(=O)N2CC[C@](O)(c3ccccc3)[C@H](N3CCOCC3)C2)C1=O. The molecule has 1 N–H and O–H groups in total. The van der Waals surface area contributed by atoms with E-state index in [-0.39, 0.29) is 24.5 Å². The van der Waals surface area contributed by atoms with Crippen LogP contribution in [0.15, 0.2) is 30.3 Å². The minimum absolute atomic E-state index is 0.0537. The Morgan fingerprint density at radius 1 is 1.14 bits per heavy atom. The van der Waals surface area contributed by atoms with Gasteiger partial charge in [-0.25, -0.2) is 4.79 Å². The molecule has 8 nitrogen and oxygen atoms in total. The van der Waals surface area contributed by atoms with E-state index in [4.69, 9.17) is 4.74 Å². The molecule has 0 aromatic heterocycles. The topological polar surface area (TPSA) is 76.6 Å². The van der Waals surface area contributed by atoms with Crippen LogP contribution in [-0.4, -0.2) is 109 Å². The van der Waals surface area contributed by atoms with Gasteiger partial charge in [-0.2, -0.15) is 0 Å². The lowest BCUT2D eigenvalue weighted by atomic mass is 9.79. The second-order valence-corrected chi connectivity index (χ2v) is 8.17. The molecule has 3 saturated heterocycles. The summed E-state index contributed by atoms with van der Waals surface area (Å²) in [5, 5.41) is 11.7. The lowest BCUT2D eigenvalue weighted by Gasteiger charge is -2.50. The van der Waals surface area contributed by atoms with E-state index in [0.29, 0.717) is 45.8 Å². The van der Waals surface area contributed by atoms with E-state index in [1.54, 1.807) is 16.8 Å². The van der Waals surface area contributed by atoms with Gasteiger partial charge in [0.15, 0.2) is 0 Å². The summed E-state index contributed by atoms with van der Waals surface area (Å²) < 4.78 is 5.50. The van der Waals surface area contributed by atoms with E-state index in [0.717, 1.165) is 18.7 Å². The number of morpholine rings is 1. The highest BCUT2D eigenvalue weighted by Gasteiger charge is 2.47. The predicted molar refractivity (Wildman–Crippen MR) is 107 cm³/mol. The molecule has 3 heterocycles. The molecular formula is C21H30N4O4. The second kappa shape index (κ2) is 8.30. The van der Waals surface area contributed by atoms with Crippen LogP contribution < -0.4 is 0 Å². The summed E-state index contributed by atoms with van der Waals surface area (Å²) in [5.41, 5.74) is -0.126. The Hall–Kier alpha value is -2.16. The molecular weight excluding hydrogens is 372 g/mol. The van der Waals surface area contributed by atoms with E-state index in [1.165, 1.54) is 0 Å². The van der Waals surface area contributed by atoms with Gasteiger partial charge in [0, 0.05) is 46.3 Å². The van der Waals surface area contributed by atoms with Crippen molar-refractivity contribution in [2.45, 2.75) is 18.1 Å². The number of hydrogen-bond acceptors (Lipinski definition) is 5. The summed E-state index contributed by atoms with van der Waals surface area (Å²) in [6.07, 6.45) is 0.471. The fraction of sp³-hybridized carbons (Fsp3) is 0.619. The van der Waals surface area contributed by atoms with Gasteiger partial charge in [0.05, 0.1) is 19.3 Å². The maximum atomic E-state index is 13.0. The molecule has 0 unspecified atom stereocenters. The third-order valence-corrected chi connectivity index (χ3v) is 6.45. The number of ether oxygens (including phenoxy) is 1. The molecule has 3 aliphatic heterocycles. The number of nitrogens with zero attached hydrogens (tertiary/aromatic N) is 4. The molecule has 0 saturated carbocycles. The summed E-state index contributed by atoms with van der Waals surface area (Å²) in [6, 6.07) is 9.45. The molecule has 0 bridgehead atoms. The molecule has 3 amide bonds. The van der Waals surface area contributed by atoms with Crippen molar-refractivity contribution < 1.29 is 19.4 Å². The smallest absolute Gasteiger partial charge is 0.320 e. The van der Waals surface area contributed by atoms with Crippen molar-refractivity contribution in [2.24, 2.45) is 0 Å². The molecule has 0 radical (unpaired) electrons. The van der Waals surface area contributed by atoms with Crippen LogP contribution in [0.5, 0.6) is 0 Å². The highest BCUT2D eigenvalue weighted by molar-refractivity contribution is 5.85. The largest absolute Gasteiger partial charge is 0.383 e. The Kier molecular flexibility index (Phi) is 5.76. The zero-order valence-electron chi connectivity index (χ0n) is 17.0. The first-order valence-electron chi connectivity index (χ1n) is 10.4. The van der Waals surface area contributed by atoms with E-state index in [1.807, 2.05) is 35.2 Å². The van der Waals surface area contributed by atoms with Gasteiger partial charge in [-0.1, -0.05) is 30.3 Å². The number of amides is 3. The van der Waals surface area contributed by atoms with Crippen molar-refractivity contribution in [3.05, 3.63) is 35.9 Å². The van der Waals surface area contributed by atoms with Crippen molar-refractivity contribution in [3.8, 4) is 0 Å². The van der Waals surface area contributed by atoms with Crippen molar-refractivity contribution in [1.29, 1.82) is 0 Å². The number of piperidine rings is 1. The third-order valence-electron chi connectivity index (χ3n) is 6.45. The van der Waals surface area contributed by atoms with E-state index in [9.17, 15) is 14.7 Å². The Balaban J connectivity index is 1.51. The Morgan fingerprint density at radius 3 is 2.52 bits per heavy atom. The van der Waals surface area contributed by atoms with Gasteiger partial charge < -0.3 is 24.5 Å². The number of carbonyl (C=O) groups is 2. The molecule has 0 aliphatic carbocycles. The first-order chi connectivity index (χ1) is 14.0. The molecule has 0 spiro atoms. The summed E-state index contributed by atoms with van der Waals surface area (Å²) in [5.74, 6) is -0.0537. The minimum Gasteiger partial charge on any atom is -0.383 e. The molecule has 2 atom stereocenters. The van der Waals surface area contributed by atoms with Gasteiger partial charge in [-0.15, -0.1) is 0 Å². The molecule has 4 rings (SSSR count). The minimum atomic E-state index is -1.01. The van der Waals surface area contributed by atoms with Crippen LogP contribution in [0.25, 0.3) is 0 Å². The van der Waals surface area contributed by atoms with Crippen molar-refractivity contribution in [3.63, 3.8) is 0 Å². The van der Waals surface area contributed by atoms with Crippen LogP contribution in [0.2, 0.25) is 0 Å². The lowest BCUT2D eigenvalue weighted by Crippen LogP contribution is -2.63. The van der Waals surface area contributed by atoms with Gasteiger partial charge >= 0.3 is 6.03 Å². The maximum absolute atomic E-state index is 13.0. The molecule has 1 aromatic carbocycles. The molecule has 3 aliphatic rings. The van der Waals surface area contributed by atoms with Gasteiger partial charge in [-0.3, -0.25) is 9.69 Å². The van der Waals surface area contributed by atoms with Crippen LogP contribution in [0.4, 0.5) is 4.79 Å². The van der Waals surface area contributed by atoms with Gasteiger partial charge in [-0.05, 0) is 12.0 Å². The first kappa shape index (κ1) is 20.1. The average Bonchev–Trinajstić information content (AvgIpc) is 3.07. The summed E-state index contributed by atoms with van der Waals surface area (Å²) in [7, 11) is 1.75. The monoisotopic (exact) mass is 402 g/mol. The number of likely N-dealkylation sites (tertiary alicyclic amines) is 1. The summed E-state index contributed by atoms with van der Waals surface area (Å²) in [4.78, 5) is 32.4. The van der Waals surface area contributed by atoms with Crippen LogP contribution in [0.1, 0.15) is 12.0 Å². The van der Waals surface area contributed by atoms with Crippen LogP contribution in [0, 0.1) is 0 Å². The van der Waals surface area contributed by atoms with Gasteiger partial charge in [0.25, 0.3) is 0 Å². The van der Waals surface area contributed by atoms with Crippen LogP contribution >= 0.6 is 0 Å². The van der Waals surface area contributed by atoms with E-state index < -0.39 is 5.60 Å². The Morgan fingerprint density at radius 2 is 1.86 bits per heavy atom. The van der Waals surface area contributed by atoms with Crippen molar-refractivity contribution in [1.82, 2.24) is 19.6 Å². The highest BCUT2D eigenvalue weighted by atomic mass is 16.5. The first-order valence-corrected chi connectivity index (χ1v) is 10.4. The van der Waals surface area contributed by atoms with Crippen molar-refractivity contribution in [2.75, 3.05) is 66.1 Å². The fourth-order valence-corrected chi connectivity index (χ4v) is 4.63. The summed E-state index contributed by atoms with van der Waals surface area (Å²) >= 11 is 0. The number of urea groups is 1. The highest BCUT2D eigenvalue weighted by Crippen LogP contribution is 2.36. The quantitative estimate of drug-likeness (QED) is 0.777. The summed E-state index contributed by atoms with van der Waals surface area (Å²) in [6.45, 7) is 4.97. The standard InChI is InChI=1S/C21H30N4O4/c1-22-9-10-25(20(22)27)16-19(26)24-8-7-21(28,17-5-3-2-4-6-17)18(15-24)23-11-13-29-14-12-23/h2-6,18,28H,7-16H2,1H3/t18-,21+/m1/s1. The Labute approximate surface area is 171 Å². The van der Waals surface area contributed by atoms with Crippen LogP contribution in [-0.2, 0) is 15.1 Å². The fourth-order valence-electron chi connectivity index (χ4n) is 4.63. The van der Waals surface area contributed by atoms with Crippen LogP contribution in [0.3, 0.4) is 0 Å².